The van der Waals surface area contributed by atoms with Crippen molar-refractivity contribution in [2.45, 2.75) is 19.8 Å². The SMILES string of the molecule is C/C=C/c1cccc2c1CCC=C2. The molecule has 1 aromatic rings. The first-order valence-electron chi connectivity index (χ1n) is 4.83. The average molecular weight is 170 g/mol. The summed E-state index contributed by atoms with van der Waals surface area (Å²) >= 11 is 0. The normalized spacial score (nSPS) is 14.8. The predicted molar refractivity (Wildman–Crippen MR) is 58.5 cm³/mol. The third-order valence-corrected chi connectivity index (χ3v) is 2.45. The smallest absolute Gasteiger partial charge is 0.0222 e. The zero-order valence-corrected chi connectivity index (χ0v) is 7.96. The van der Waals surface area contributed by atoms with Crippen LogP contribution in [0, 0.1) is 0 Å². The lowest BCUT2D eigenvalue weighted by atomic mass is 9.93. The minimum atomic E-state index is 1.18. The average Bonchev–Trinajstić information content (AvgIpc) is 2.19. The molecule has 0 aliphatic heterocycles. The van der Waals surface area contributed by atoms with Crippen LogP contribution in [-0.4, -0.2) is 0 Å². The van der Waals surface area contributed by atoms with Crippen LogP contribution >= 0.6 is 0 Å². The van der Waals surface area contributed by atoms with Crippen LogP contribution in [0.5, 0.6) is 0 Å². The van der Waals surface area contributed by atoms with Crippen LogP contribution < -0.4 is 0 Å². The second-order valence-electron chi connectivity index (χ2n) is 3.36. The van der Waals surface area contributed by atoms with E-state index in [9.17, 15) is 0 Å². The summed E-state index contributed by atoms with van der Waals surface area (Å²) < 4.78 is 0. The summed E-state index contributed by atoms with van der Waals surface area (Å²) in [5.74, 6) is 0. The fraction of sp³-hybridized carbons (Fsp3) is 0.231. The molecule has 2 rings (SSSR count). The second kappa shape index (κ2) is 3.61. The molecule has 0 saturated carbocycles. The van der Waals surface area contributed by atoms with Gasteiger partial charge in [-0.2, -0.15) is 0 Å². The topological polar surface area (TPSA) is 0 Å². The monoisotopic (exact) mass is 170 g/mol. The van der Waals surface area contributed by atoms with Gasteiger partial charge in [0.05, 0.1) is 0 Å². The Morgan fingerprint density at radius 3 is 3.08 bits per heavy atom. The molecule has 0 nitrogen and oxygen atoms in total. The van der Waals surface area contributed by atoms with Crippen molar-refractivity contribution in [2.24, 2.45) is 0 Å². The number of fused-ring (bicyclic) bond motifs is 1. The van der Waals surface area contributed by atoms with Crippen molar-refractivity contribution in [3.05, 3.63) is 47.0 Å². The van der Waals surface area contributed by atoms with Crippen molar-refractivity contribution in [3.8, 4) is 0 Å². The fourth-order valence-electron chi connectivity index (χ4n) is 1.84. The number of benzene rings is 1. The Morgan fingerprint density at radius 1 is 1.31 bits per heavy atom. The van der Waals surface area contributed by atoms with Gasteiger partial charge in [-0.1, -0.05) is 42.5 Å². The van der Waals surface area contributed by atoms with Gasteiger partial charge in [0, 0.05) is 0 Å². The van der Waals surface area contributed by atoms with Crippen LogP contribution in [0.2, 0.25) is 0 Å². The molecule has 1 aliphatic carbocycles. The zero-order valence-electron chi connectivity index (χ0n) is 7.96. The highest BCUT2D eigenvalue weighted by molar-refractivity contribution is 5.65. The van der Waals surface area contributed by atoms with E-state index in [1.165, 1.54) is 29.5 Å². The summed E-state index contributed by atoms with van der Waals surface area (Å²) in [5, 5.41) is 0. The van der Waals surface area contributed by atoms with E-state index in [1.54, 1.807) is 0 Å². The molecule has 0 saturated heterocycles. The minimum Gasteiger partial charge on any atom is -0.0871 e. The van der Waals surface area contributed by atoms with Crippen LogP contribution in [0.1, 0.15) is 30.0 Å². The van der Waals surface area contributed by atoms with E-state index in [-0.39, 0.29) is 0 Å². The van der Waals surface area contributed by atoms with Gasteiger partial charge in [-0.3, -0.25) is 0 Å². The number of rotatable bonds is 1. The van der Waals surface area contributed by atoms with Gasteiger partial charge in [-0.05, 0) is 36.5 Å². The minimum absolute atomic E-state index is 1.18. The predicted octanol–water partition coefficient (Wildman–Crippen LogP) is 3.68. The van der Waals surface area contributed by atoms with Gasteiger partial charge in [0.15, 0.2) is 0 Å². The summed E-state index contributed by atoms with van der Waals surface area (Å²) in [7, 11) is 0. The highest BCUT2D eigenvalue weighted by Gasteiger charge is 2.06. The Kier molecular flexibility index (Phi) is 2.31. The van der Waals surface area contributed by atoms with Crippen molar-refractivity contribution in [3.63, 3.8) is 0 Å². The van der Waals surface area contributed by atoms with Crippen LogP contribution in [0.4, 0.5) is 0 Å². The molecule has 0 bridgehead atoms. The molecule has 0 unspecified atom stereocenters. The van der Waals surface area contributed by atoms with Crippen LogP contribution in [0.3, 0.4) is 0 Å². The van der Waals surface area contributed by atoms with Gasteiger partial charge < -0.3 is 0 Å². The van der Waals surface area contributed by atoms with E-state index >= 15 is 0 Å². The molecule has 66 valence electrons. The van der Waals surface area contributed by atoms with E-state index in [0.29, 0.717) is 0 Å². The van der Waals surface area contributed by atoms with Crippen LogP contribution in [0.25, 0.3) is 12.2 Å². The van der Waals surface area contributed by atoms with Crippen molar-refractivity contribution in [2.75, 3.05) is 0 Å². The van der Waals surface area contributed by atoms with Crippen molar-refractivity contribution in [1.82, 2.24) is 0 Å². The molecule has 1 aromatic carbocycles. The van der Waals surface area contributed by atoms with Gasteiger partial charge in [-0.25, -0.2) is 0 Å². The van der Waals surface area contributed by atoms with Gasteiger partial charge in [0.1, 0.15) is 0 Å². The summed E-state index contributed by atoms with van der Waals surface area (Å²) in [6, 6.07) is 6.51. The molecule has 0 radical (unpaired) electrons. The Labute approximate surface area is 79.6 Å². The molecule has 13 heavy (non-hydrogen) atoms. The summed E-state index contributed by atoms with van der Waals surface area (Å²) in [6.07, 6.45) is 11.1. The third-order valence-electron chi connectivity index (χ3n) is 2.45. The first-order valence-corrected chi connectivity index (χ1v) is 4.83. The lowest BCUT2D eigenvalue weighted by Crippen LogP contribution is -1.96. The fourth-order valence-corrected chi connectivity index (χ4v) is 1.84. The Balaban J connectivity index is 2.53. The first-order chi connectivity index (χ1) is 6.42. The zero-order chi connectivity index (χ0) is 9.10. The molecular formula is C13H14. The molecule has 0 amide bonds. The highest BCUT2D eigenvalue weighted by Crippen LogP contribution is 2.23. The van der Waals surface area contributed by atoms with Gasteiger partial charge in [0.2, 0.25) is 0 Å². The summed E-state index contributed by atoms with van der Waals surface area (Å²) in [5.41, 5.74) is 4.27. The molecule has 1 aliphatic rings. The van der Waals surface area contributed by atoms with Crippen LogP contribution in [-0.2, 0) is 6.42 Å². The third kappa shape index (κ3) is 1.57. The molecule has 0 aromatic heterocycles. The highest BCUT2D eigenvalue weighted by atomic mass is 14.1. The molecule has 0 fully saturated rings. The Morgan fingerprint density at radius 2 is 2.23 bits per heavy atom. The molecule has 0 atom stereocenters. The molecular weight excluding hydrogens is 156 g/mol. The van der Waals surface area contributed by atoms with E-state index in [1.807, 2.05) is 0 Å². The standard InChI is InChI=1S/C13H14/c1-2-6-11-8-5-9-12-7-3-4-10-13(11)12/h2-3,5-9H,4,10H2,1H3/b6-2+. The van der Waals surface area contributed by atoms with Gasteiger partial charge in [0.25, 0.3) is 0 Å². The maximum Gasteiger partial charge on any atom is -0.0222 e. The quantitative estimate of drug-likeness (QED) is 0.603. The second-order valence-corrected chi connectivity index (χ2v) is 3.36. The molecule has 0 N–H and O–H groups in total. The van der Waals surface area contributed by atoms with Crippen molar-refractivity contribution in [1.29, 1.82) is 0 Å². The number of hydrogen-bond donors (Lipinski definition) is 0. The van der Waals surface area contributed by atoms with E-state index in [4.69, 9.17) is 0 Å². The summed E-state index contributed by atoms with van der Waals surface area (Å²) in [4.78, 5) is 0. The van der Waals surface area contributed by atoms with Gasteiger partial charge in [-0.15, -0.1) is 0 Å². The van der Waals surface area contributed by atoms with Crippen molar-refractivity contribution < 1.29 is 0 Å². The number of allylic oxidation sites excluding steroid dienone is 2. The number of hydrogen-bond acceptors (Lipinski definition) is 0. The van der Waals surface area contributed by atoms with E-state index in [0.717, 1.165) is 0 Å². The maximum absolute atomic E-state index is 2.25. The Hall–Kier alpha value is -1.30. The largest absolute Gasteiger partial charge is 0.0871 e. The van der Waals surface area contributed by atoms with E-state index in [2.05, 4.69) is 49.4 Å². The lowest BCUT2D eigenvalue weighted by Gasteiger charge is -2.12. The molecule has 0 heteroatoms. The van der Waals surface area contributed by atoms with Crippen molar-refractivity contribution >= 4 is 12.2 Å². The van der Waals surface area contributed by atoms with Crippen LogP contribution in [0.15, 0.2) is 30.4 Å². The lowest BCUT2D eigenvalue weighted by molar-refractivity contribution is 0.982. The summed E-state index contributed by atoms with van der Waals surface area (Å²) in [6.45, 7) is 2.07. The molecule has 0 heterocycles. The first kappa shape index (κ1) is 8.31. The van der Waals surface area contributed by atoms with Gasteiger partial charge >= 0.3 is 0 Å². The molecule has 0 spiro atoms. The Bertz CT molecular complexity index is 356. The van der Waals surface area contributed by atoms with E-state index < -0.39 is 0 Å². The maximum atomic E-state index is 2.25.